The first-order valence-corrected chi connectivity index (χ1v) is 9.03. The topological polar surface area (TPSA) is 3.24 Å². The fourth-order valence-electron chi connectivity index (χ4n) is 3.74. The number of aryl methyl sites for hydroxylation is 2. The van der Waals surface area contributed by atoms with Crippen LogP contribution in [0.3, 0.4) is 0 Å². The van der Waals surface area contributed by atoms with Crippen LogP contribution in [0.25, 0.3) is 21.9 Å². The first-order valence-electron chi connectivity index (χ1n) is 9.03. The Morgan fingerprint density at radius 3 is 2.04 bits per heavy atom. The van der Waals surface area contributed by atoms with Crippen LogP contribution in [0.1, 0.15) is 11.1 Å². The zero-order valence-electron chi connectivity index (χ0n) is 15.5. The minimum atomic E-state index is 1.22. The maximum absolute atomic E-state index is 2.29. The molecule has 0 aliphatic carbocycles. The molecule has 0 aromatic heterocycles. The van der Waals surface area contributed by atoms with Crippen molar-refractivity contribution < 1.29 is 0 Å². The van der Waals surface area contributed by atoms with E-state index < -0.39 is 0 Å². The van der Waals surface area contributed by atoms with E-state index in [2.05, 4.69) is 111 Å². The first-order chi connectivity index (χ1) is 12.6. The van der Waals surface area contributed by atoms with Crippen molar-refractivity contribution >= 4 is 22.1 Å². The van der Waals surface area contributed by atoms with E-state index in [9.17, 15) is 0 Å². The van der Waals surface area contributed by atoms with Gasteiger partial charge in [-0.15, -0.1) is 0 Å². The van der Waals surface area contributed by atoms with Crippen LogP contribution < -0.4 is 4.90 Å². The van der Waals surface area contributed by atoms with E-state index in [0.717, 1.165) is 0 Å². The van der Waals surface area contributed by atoms with E-state index in [1.807, 2.05) is 0 Å². The van der Waals surface area contributed by atoms with Gasteiger partial charge in [0.25, 0.3) is 0 Å². The normalized spacial score (nSPS) is 10.9. The second-order valence-electron chi connectivity index (χ2n) is 6.95. The van der Waals surface area contributed by atoms with E-state index >= 15 is 0 Å². The lowest BCUT2D eigenvalue weighted by Crippen LogP contribution is -2.11. The minimum absolute atomic E-state index is 1.22. The highest BCUT2D eigenvalue weighted by Gasteiger charge is 2.13. The van der Waals surface area contributed by atoms with Gasteiger partial charge >= 0.3 is 0 Å². The molecule has 4 aromatic carbocycles. The van der Waals surface area contributed by atoms with Crippen molar-refractivity contribution in [3.8, 4) is 11.1 Å². The van der Waals surface area contributed by atoms with Crippen LogP contribution in [0, 0.1) is 13.8 Å². The van der Waals surface area contributed by atoms with Gasteiger partial charge < -0.3 is 4.90 Å². The third-order valence-electron chi connectivity index (χ3n) is 4.94. The molecule has 0 amide bonds. The predicted octanol–water partition coefficient (Wildman–Crippen LogP) is 6.89. The van der Waals surface area contributed by atoms with E-state index in [1.54, 1.807) is 0 Å². The molecule has 0 saturated heterocycles. The van der Waals surface area contributed by atoms with Crippen LogP contribution in [0.15, 0.2) is 84.9 Å². The Hall–Kier alpha value is -3.06. The lowest BCUT2D eigenvalue weighted by molar-refractivity contribution is 1.19. The van der Waals surface area contributed by atoms with Crippen LogP contribution >= 0.6 is 0 Å². The molecule has 0 aliphatic rings. The summed E-state index contributed by atoms with van der Waals surface area (Å²) in [6.07, 6.45) is 0. The number of rotatable bonds is 3. The van der Waals surface area contributed by atoms with E-state index in [0.29, 0.717) is 0 Å². The monoisotopic (exact) mass is 337 g/mol. The van der Waals surface area contributed by atoms with E-state index in [1.165, 1.54) is 44.4 Å². The van der Waals surface area contributed by atoms with Gasteiger partial charge in [-0.05, 0) is 59.5 Å². The summed E-state index contributed by atoms with van der Waals surface area (Å²) in [4.78, 5) is 2.29. The molecule has 0 bridgehead atoms. The van der Waals surface area contributed by atoms with Crippen molar-refractivity contribution in [2.24, 2.45) is 0 Å². The summed E-state index contributed by atoms with van der Waals surface area (Å²) < 4.78 is 0. The molecule has 0 fully saturated rings. The Morgan fingerprint density at radius 1 is 0.615 bits per heavy atom. The largest absolute Gasteiger partial charge is 0.344 e. The molecular formula is C25H23N. The molecule has 4 rings (SSSR count). The average Bonchev–Trinajstić information content (AvgIpc) is 2.66. The molecule has 128 valence electrons. The summed E-state index contributed by atoms with van der Waals surface area (Å²) >= 11 is 0. The van der Waals surface area contributed by atoms with Crippen LogP contribution in [0.4, 0.5) is 11.4 Å². The van der Waals surface area contributed by atoms with Crippen LogP contribution in [0.5, 0.6) is 0 Å². The number of benzene rings is 4. The molecule has 4 aromatic rings. The van der Waals surface area contributed by atoms with Crippen LogP contribution in [0.2, 0.25) is 0 Å². The van der Waals surface area contributed by atoms with Gasteiger partial charge in [-0.2, -0.15) is 0 Å². The molecule has 0 saturated carbocycles. The van der Waals surface area contributed by atoms with Crippen molar-refractivity contribution in [1.29, 1.82) is 0 Å². The molecule has 0 N–H and O–H groups in total. The molecule has 0 aliphatic heterocycles. The highest BCUT2D eigenvalue weighted by Crippen LogP contribution is 2.37. The lowest BCUT2D eigenvalue weighted by Gasteiger charge is -2.24. The lowest BCUT2D eigenvalue weighted by atomic mass is 9.96. The molecule has 0 atom stereocenters. The Morgan fingerprint density at radius 2 is 1.23 bits per heavy atom. The Kier molecular flexibility index (Phi) is 4.22. The fraction of sp³-hybridized carbons (Fsp3) is 0.120. The van der Waals surface area contributed by atoms with Crippen molar-refractivity contribution in [3.05, 3.63) is 96.1 Å². The van der Waals surface area contributed by atoms with Gasteiger partial charge in [0.1, 0.15) is 0 Å². The smallest absolute Gasteiger partial charge is 0.0487 e. The molecule has 1 heteroatoms. The standard InChI is InChI=1S/C25H23N/c1-18-15-19(2)17-21(16-18)26(3)25-14-7-6-12-24(25)23-13-8-10-20-9-4-5-11-22(20)23/h4-17H,1-3H3. The second kappa shape index (κ2) is 6.68. The molecule has 0 radical (unpaired) electrons. The third kappa shape index (κ3) is 2.97. The van der Waals surface area contributed by atoms with E-state index in [4.69, 9.17) is 0 Å². The van der Waals surface area contributed by atoms with Crippen molar-refractivity contribution in [2.75, 3.05) is 11.9 Å². The first kappa shape index (κ1) is 16.4. The maximum Gasteiger partial charge on any atom is 0.0487 e. The third-order valence-corrected chi connectivity index (χ3v) is 4.94. The summed E-state index contributed by atoms with van der Waals surface area (Å²) in [5.41, 5.74) is 7.54. The molecule has 0 heterocycles. The number of fused-ring (bicyclic) bond motifs is 1. The predicted molar refractivity (Wildman–Crippen MR) is 113 cm³/mol. The van der Waals surface area contributed by atoms with Gasteiger partial charge in [0.05, 0.1) is 0 Å². The van der Waals surface area contributed by atoms with Gasteiger partial charge in [0, 0.05) is 24.0 Å². The zero-order valence-corrected chi connectivity index (χ0v) is 15.5. The zero-order chi connectivity index (χ0) is 18.1. The Balaban J connectivity index is 1.90. The average molecular weight is 337 g/mol. The highest BCUT2D eigenvalue weighted by atomic mass is 15.1. The number of anilines is 2. The Bertz CT molecular complexity index is 1050. The van der Waals surface area contributed by atoms with E-state index in [-0.39, 0.29) is 0 Å². The number of hydrogen-bond acceptors (Lipinski definition) is 1. The molecule has 26 heavy (non-hydrogen) atoms. The SMILES string of the molecule is Cc1cc(C)cc(N(C)c2ccccc2-c2cccc3ccccc23)c1. The van der Waals surface area contributed by atoms with Crippen molar-refractivity contribution in [2.45, 2.75) is 13.8 Å². The van der Waals surface area contributed by atoms with Crippen LogP contribution in [-0.2, 0) is 0 Å². The van der Waals surface area contributed by atoms with Crippen LogP contribution in [-0.4, -0.2) is 7.05 Å². The fourth-order valence-corrected chi connectivity index (χ4v) is 3.74. The number of hydrogen-bond donors (Lipinski definition) is 0. The van der Waals surface area contributed by atoms with Crippen molar-refractivity contribution in [3.63, 3.8) is 0 Å². The van der Waals surface area contributed by atoms with Crippen molar-refractivity contribution in [1.82, 2.24) is 0 Å². The number of nitrogens with zero attached hydrogens (tertiary/aromatic N) is 1. The molecular weight excluding hydrogens is 314 g/mol. The molecule has 0 unspecified atom stereocenters. The summed E-state index contributed by atoms with van der Waals surface area (Å²) in [5, 5.41) is 2.56. The molecule has 0 spiro atoms. The van der Waals surface area contributed by atoms with Gasteiger partial charge in [-0.1, -0.05) is 66.7 Å². The summed E-state index contributed by atoms with van der Waals surface area (Å²) in [7, 11) is 2.15. The van der Waals surface area contributed by atoms with Gasteiger partial charge in [-0.25, -0.2) is 0 Å². The molecule has 1 nitrogen and oxygen atoms in total. The van der Waals surface area contributed by atoms with Gasteiger partial charge in [0.15, 0.2) is 0 Å². The summed E-state index contributed by atoms with van der Waals surface area (Å²) in [5.74, 6) is 0. The second-order valence-corrected chi connectivity index (χ2v) is 6.95. The van der Waals surface area contributed by atoms with Gasteiger partial charge in [0.2, 0.25) is 0 Å². The van der Waals surface area contributed by atoms with Gasteiger partial charge in [-0.3, -0.25) is 0 Å². The quantitative estimate of drug-likeness (QED) is 0.393. The highest BCUT2D eigenvalue weighted by molar-refractivity contribution is 6.00. The number of para-hydroxylation sites is 1. The summed E-state index contributed by atoms with van der Waals surface area (Å²) in [6, 6.07) is 30.5. The maximum atomic E-state index is 2.29. The minimum Gasteiger partial charge on any atom is -0.344 e. The summed E-state index contributed by atoms with van der Waals surface area (Å²) in [6.45, 7) is 4.31. The Labute approximate surface area is 155 Å².